The average molecular weight is 364 g/mol. The van der Waals surface area contributed by atoms with E-state index in [1.165, 1.54) is 32.8 Å². The Kier molecular flexibility index (Phi) is 8.54. The molecule has 0 saturated carbocycles. The number of hydrogen-bond acceptors (Lipinski definition) is 4. The van der Waals surface area contributed by atoms with E-state index >= 15 is 0 Å². The predicted molar refractivity (Wildman–Crippen MR) is 104 cm³/mol. The molecule has 0 aliphatic carbocycles. The smallest absolute Gasteiger partial charge is 0.314 e. The van der Waals surface area contributed by atoms with Gasteiger partial charge in [0.05, 0.1) is 7.11 Å². The van der Waals surface area contributed by atoms with Crippen molar-refractivity contribution in [1.82, 2.24) is 15.5 Å². The number of aromatic hydroxyl groups is 1. The standard InChI is InChI=1S/C20H33N3O3/c1-3-4-12-23-13-6-5-7-17(23)15-22-20(25)21-11-10-16-8-9-18(24)19(14-16)26-2/h8-9,14,17,24H,3-7,10-13,15H2,1-2H3,(H2,21,22,25). The number of urea groups is 1. The van der Waals surface area contributed by atoms with Gasteiger partial charge < -0.3 is 20.5 Å². The molecule has 1 fully saturated rings. The van der Waals surface area contributed by atoms with Crippen molar-refractivity contribution in [2.45, 2.75) is 51.5 Å². The Morgan fingerprint density at radius 2 is 2.19 bits per heavy atom. The fourth-order valence-electron chi connectivity index (χ4n) is 3.42. The molecule has 1 saturated heterocycles. The zero-order valence-electron chi connectivity index (χ0n) is 16.1. The van der Waals surface area contributed by atoms with Gasteiger partial charge in [-0.05, 0) is 56.5 Å². The van der Waals surface area contributed by atoms with Gasteiger partial charge in [0.2, 0.25) is 0 Å². The maximum Gasteiger partial charge on any atom is 0.314 e. The van der Waals surface area contributed by atoms with E-state index in [0.29, 0.717) is 31.3 Å². The van der Waals surface area contributed by atoms with Crippen LogP contribution in [0.5, 0.6) is 11.5 Å². The molecule has 1 atom stereocenters. The molecule has 1 heterocycles. The highest BCUT2D eigenvalue weighted by Crippen LogP contribution is 2.26. The Bertz CT molecular complexity index is 565. The number of rotatable bonds is 9. The zero-order chi connectivity index (χ0) is 18.8. The first-order valence-electron chi connectivity index (χ1n) is 9.75. The molecule has 0 radical (unpaired) electrons. The lowest BCUT2D eigenvalue weighted by Crippen LogP contribution is -2.49. The van der Waals surface area contributed by atoms with Gasteiger partial charge in [0.1, 0.15) is 0 Å². The van der Waals surface area contributed by atoms with Gasteiger partial charge in [0.15, 0.2) is 11.5 Å². The highest BCUT2D eigenvalue weighted by Gasteiger charge is 2.22. The Labute approximate surface area is 156 Å². The van der Waals surface area contributed by atoms with Crippen molar-refractivity contribution in [3.8, 4) is 11.5 Å². The van der Waals surface area contributed by atoms with E-state index in [4.69, 9.17) is 4.74 Å². The number of unbranched alkanes of at least 4 members (excludes halogenated alkanes) is 1. The second kappa shape index (κ2) is 10.9. The molecule has 2 rings (SSSR count). The van der Waals surface area contributed by atoms with Crippen LogP contribution in [-0.2, 0) is 6.42 Å². The number of likely N-dealkylation sites (tertiary alicyclic amines) is 1. The molecule has 1 aromatic rings. The topological polar surface area (TPSA) is 73.8 Å². The number of methoxy groups -OCH3 is 1. The molecule has 26 heavy (non-hydrogen) atoms. The van der Waals surface area contributed by atoms with E-state index in [1.54, 1.807) is 12.1 Å². The fraction of sp³-hybridized carbons (Fsp3) is 0.650. The molecule has 1 aromatic carbocycles. The van der Waals surface area contributed by atoms with Gasteiger partial charge in [0.25, 0.3) is 0 Å². The molecule has 1 aliphatic rings. The van der Waals surface area contributed by atoms with Gasteiger partial charge in [-0.1, -0.05) is 25.8 Å². The van der Waals surface area contributed by atoms with Crippen LogP contribution in [0.15, 0.2) is 18.2 Å². The Morgan fingerprint density at radius 1 is 1.35 bits per heavy atom. The lowest BCUT2D eigenvalue weighted by atomic mass is 10.0. The number of carbonyl (C=O) groups is 1. The molecule has 1 unspecified atom stereocenters. The first-order chi connectivity index (χ1) is 12.6. The number of carbonyl (C=O) groups excluding carboxylic acids is 1. The van der Waals surface area contributed by atoms with Crippen molar-refractivity contribution < 1.29 is 14.6 Å². The van der Waals surface area contributed by atoms with E-state index in [1.807, 2.05) is 6.07 Å². The molecule has 146 valence electrons. The first-order valence-corrected chi connectivity index (χ1v) is 9.75. The summed E-state index contributed by atoms with van der Waals surface area (Å²) in [6.07, 6.45) is 6.80. The highest BCUT2D eigenvalue weighted by atomic mass is 16.5. The van der Waals surface area contributed by atoms with Gasteiger partial charge >= 0.3 is 6.03 Å². The van der Waals surface area contributed by atoms with Crippen LogP contribution in [0.2, 0.25) is 0 Å². The molecular formula is C20H33N3O3. The van der Waals surface area contributed by atoms with Crippen LogP contribution in [0.25, 0.3) is 0 Å². The minimum absolute atomic E-state index is 0.114. The minimum atomic E-state index is -0.114. The van der Waals surface area contributed by atoms with Crippen LogP contribution >= 0.6 is 0 Å². The monoisotopic (exact) mass is 363 g/mol. The summed E-state index contributed by atoms with van der Waals surface area (Å²) in [6, 6.07) is 5.59. The summed E-state index contributed by atoms with van der Waals surface area (Å²) < 4.78 is 5.10. The van der Waals surface area contributed by atoms with E-state index in [0.717, 1.165) is 25.1 Å². The molecule has 2 amide bonds. The zero-order valence-corrected chi connectivity index (χ0v) is 16.1. The van der Waals surface area contributed by atoms with Crippen molar-refractivity contribution in [3.05, 3.63) is 23.8 Å². The third-order valence-corrected chi connectivity index (χ3v) is 4.99. The number of phenolic OH excluding ortho intramolecular Hbond substituents is 1. The number of hydrogen-bond donors (Lipinski definition) is 3. The van der Waals surface area contributed by atoms with Crippen molar-refractivity contribution in [2.24, 2.45) is 0 Å². The lowest BCUT2D eigenvalue weighted by molar-refractivity contribution is 0.144. The van der Waals surface area contributed by atoms with Crippen LogP contribution in [-0.4, -0.2) is 55.4 Å². The van der Waals surface area contributed by atoms with Crippen molar-refractivity contribution in [2.75, 3.05) is 33.3 Å². The second-order valence-electron chi connectivity index (χ2n) is 6.93. The van der Waals surface area contributed by atoms with Crippen molar-refractivity contribution in [1.29, 1.82) is 0 Å². The third kappa shape index (κ3) is 6.41. The predicted octanol–water partition coefficient (Wildman–Crippen LogP) is 2.90. The molecule has 6 heteroatoms. The average Bonchev–Trinajstić information content (AvgIpc) is 2.66. The number of amides is 2. The molecule has 1 aliphatic heterocycles. The fourth-order valence-corrected chi connectivity index (χ4v) is 3.42. The summed E-state index contributed by atoms with van der Waals surface area (Å²) in [4.78, 5) is 14.6. The Morgan fingerprint density at radius 3 is 2.96 bits per heavy atom. The van der Waals surface area contributed by atoms with Gasteiger partial charge in [-0.2, -0.15) is 0 Å². The summed E-state index contributed by atoms with van der Waals surface area (Å²) in [6.45, 7) is 5.75. The quantitative estimate of drug-likeness (QED) is 0.631. The summed E-state index contributed by atoms with van der Waals surface area (Å²) >= 11 is 0. The second-order valence-corrected chi connectivity index (χ2v) is 6.93. The van der Waals surface area contributed by atoms with Crippen LogP contribution in [0.1, 0.15) is 44.6 Å². The van der Waals surface area contributed by atoms with Crippen LogP contribution in [0.4, 0.5) is 4.79 Å². The number of nitrogens with zero attached hydrogens (tertiary/aromatic N) is 1. The maximum atomic E-state index is 12.1. The number of phenols is 1. The van der Waals surface area contributed by atoms with E-state index in [9.17, 15) is 9.90 Å². The Balaban J connectivity index is 1.69. The number of benzene rings is 1. The highest BCUT2D eigenvalue weighted by molar-refractivity contribution is 5.73. The van der Waals surface area contributed by atoms with E-state index in [-0.39, 0.29) is 11.8 Å². The summed E-state index contributed by atoms with van der Waals surface area (Å²) in [7, 11) is 1.53. The number of piperidine rings is 1. The third-order valence-electron chi connectivity index (χ3n) is 4.99. The minimum Gasteiger partial charge on any atom is -0.504 e. The molecule has 6 nitrogen and oxygen atoms in total. The van der Waals surface area contributed by atoms with Gasteiger partial charge in [-0.3, -0.25) is 4.90 Å². The first kappa shape index (κ1) is 20.4. The van der Waals surface area contributed by atoms with Crippen LogP contribution < -0.4 is 15.4 Å². The molecule has 0 aromatic heterocycles. The van der Waals surface area contributed by atoms with Crippen molar-refractivity contribution >= 4 is 6.03 Å². The van der Waals surface area contributed by atoms with Gasteiger partial charge in [0, 0.05) is 19.1 Å². The molecule has 0 bridgehead atoms. The van der Waals surface area contributed by atoms with Crippen LogP contribution in [0, 0.1) is 0 Å². The number of ether oxygens (including phenoxy) is 1. The van der Waals surface area contributed by atoms with E-state index in [2.05, 4.69) is 22.5 Å². The largest absolute Gasteiger partial charge is 0.504 e. The lowest BCUT2D eigenvalue weighted by Gasteiger charge is -2.35. The van der Waals surface area contributed by atoms with Crippen molar-refractivity contribution in [3.63, 3.8) is 0 Å². The van der Waals surface area contributed by atoms with Gasteiger partial charge in [-0.15, -0.1) is 0 Å². The van der Waals surface area contributed by atoms with Crippen LogP contribution in [0.3, 0.4) is 0 Å². The molecule has 3 N–H and O–H groups in total. The number of nitrogens with one attached hydrogen (secondary N) is 2. The SMILES string of the molecule is CCCCN1CCCCC1CNC(=O)NCCc1ccc(O)c(OC)c1. The summed E-state index contributed by atoms with van der Waals surface area (Å²) in [5.41, 5.74) is 1.01. The van der Waals surface area contributed by atoms with Gasteiger partial charge in [-0.25, -0.2) is 4.79 Å². The Hall–Kier alpha value is -1.95. The summed E-state index contributed by atoms with van der Waals surface area (Å²) in [5, 5.41) is 15.5. The normalized spacial score (nSPS) is 17.7. The molecule has 0 spiro atoms. The summed E-state index contributed by atoms with van der Waals surface area (Å²) in [5.74, 6) is 0.582. The van der Waals surface area contributed by atoms with E-state index < -0.39 is 0 Å². The molecular weight excluding hydrogens is 330 g/mol. The maximum absolute atomic E-state index is 12.1.